The van der Waals surface area contributed by atoms with Crippen molar-refractivity contribution in [1.29, 1.82) is 0 Å². The standard InChI is InChI=1S/C16H14N2OS2/c1-10-7-8-15(21-10)14(19)9-20-16-12-5-3-4-6-13(12)17-11(2)18-16/h3-8H,9H2,1-2H3. The number of thioether (sulfide) groups is 1. The first kappa shape index (κ1) is 14.2. The fraction of sp³-hybridized carbons (Fsp3) is 0.188. The van der Waals surface area contributed by atoms with Crippen LogP contribution in [0.2, 0.25) is 0 Å². The minimum Gasteiger partial charge on any atom is -0.292 e. The van der Waals surface area contributed by atoms with Gasteiger partial charge in [0.15, 0.2) is 5.78 Å². The van der Waals surface area contributed by atoms with Crippen molar-refractivity contribution >= 4 is 39.8 Å². The van der Waals surface area contributed by atoms with Crippen LogP contribution in [0.4, 0.5) is 0 Å². The van der Waals surface area contributed by atoms with Gasteiger partial charge in [0.05, 0.1) is 16.1 Å². The van der Waals surface area contributed by atoms with Crippen molar-refractivity contribution in [3.63, 3.8) is 0 Å². The molecular weight excluding hydrogens is 300 g/mol. The number of benzene rings is 1. The zero-order valence-electron chi connectivity index (χ0n) is 11.8. The largest absolute Gasteiger partial charge is 0.292 e. The van der Waals surface area contributed by atoms with Gasteiger partial charge in [0.25, 0.3) is 0 Å². The van der Waals surface area contributed by atoms with Crippen molar-refractivity contribution in [3.8, 4) is 0 Å². The summed E-state index contributed by atoms with van der Waals surface area (Å²) in [6.45, 7) is 3.89. The van der Waals surface area contributed by atoms with Crippen LogP contribution < -0.4 is 0 Å². The lowest BCUT2D eigenvalue weighted by atomic mass is 10.2. The van der Waals surface area contributed by atoms with Crippen LogP contribution >= 0.6 is 23.1 Å². The molecule has 0 unspecified atom stereocenters. The molecule has 0 aliphatic carbocycles. The van der Waals surface area contributed by atoms with Crippen LogP contribution in [0, 0.1) is 13.8 Å². The van der Waals surface area contributed by atoms with E-state index in [9.17, 15) is 4.79 Å². The van der Waals surface area contributed by atoms with E-state index in [0.29, 0.717) is 5.75 Å². The van der Waals surface area contributed by atoms with E-state index in [4.69, 9.17) is 0 Å². The molecule has 0 aliphatic rings. The van der Waals surface area contributed by atoms with Crippen LogP contribution in [-0.4, -0.2) is 21.5 Å². The van der Waals surface area contributed by atoms with Crippen molar-refractivity contribution in [2.75, 3.05) is 5.75 Å². The van der Waals surface area contributed by atoms with Gasteiger partial charge < -0.3 is 0 Å². The lowest BCUT2D eigenvalue weighted by molar-refractivity contribution is 0.102. The SMILES string of the molecule is Cc1nc(SCC(=O)c2ccc(C)s2)c2ccccc2n1. The molecule has 1 aromatic carbocycles. The first-order valence-electron chi connectivity index (χ1n) is 6.59. The number of rotatable bonds is 4. The maximum absolute atomic E-state index is 12.2. The van der Waals surface area contributed by atoms with Crippen LogP contribution in [0.3, 0.4) is 0 Å². The minimum absolute atomic E-state index is 0.151. The van der Waals surface area contributed by atoms with Gasteiger partial charge in [0.2, 0.25) is 0 Å². The molecule has 0 saturated heterocycles. The maximum Gasteiger partial charge on any atom is 0.183 e. The van der Waals surface area contributed by atoms with Gasteiger partial charge >= 0.3 is 0 Å². The Bertz CT molecular complexity index is 811. The van der Waals surface area contributed by atoms with Crippen molar-refractivity contribution in [1.82, 2.24) is 9.97 Å². The molecular formula is C16H14N2OS2. The molecule has 3 aromatic rings. The van der Waals surface area contributed by atoms with Gasteiger partial charge in [0.1, 0.15) is 10.9 Å². The molecule has 0 bridgehead atoms. The summed E-state index contributed by atoms with van der Waals surface area (Å²) < 4.78 is 0. The molecule has 0 aliphatic heterocycles. The smallest absolute Gasteiger partial charge is 0.183 e. The highest BCUT2D eigenvalue weighted by molar-refractivity contribution is 8.00. The first-order valence-corrected chi connectivity index (χ1v) is 8.39. The summed E-state index contributed by atoms with van der Waals surface area (Å²) in [7, 11) is 0. The van der Waals surface area contributed by atoms with Gasteiger partial charge in [-0.25, -0.2) is 9.97 Å². The molecule has 3 rings (SSSR count). The van der Waals surface area contributed by atoms with Crippen molar-refractivity contribution < 1.29 is 4.79 Å². The monoisotopic (exact) mass is 314 g/mol. The maximum atomic E-state index is 12.2. The number of ketones is 1. The molecule has 0 spiro atoms. The van der Waals surface area contributed by atoms with Gasteiger partial charge in [0, 0.05) is 10.3 Å². The van der Waals surface area contributed by atoms with Gasteiger partial charge in [-0.1, -0.05) is 30.0 Å². The lowest BCUT2D eigenvalue weighted by Gasteiger charge is -2.05. The molecule has 0 atom stereocenters. The number of hydrogen-bond donors (Lipinski definition) is 0. The van der Waals surface area contributed by atoms with E-state index >= 15 is 0 Å². The van der Waals surface area contributed by atoms with Gasteiger partial charge in [-0.3, -0.25) is 4.79 Å². The second-order valence-corrected chi connectivity index (χ2v) is 6.97. The van der Waals surface area contributed by atoms with Crippen LogP contribution in [0.5, 0.6) is 0 Å². The highest BCUT2D eigenvalue weighted by atomic mass is 32.2. The molecule has 5 heteroatoms. The second-order valence-electron chi connectivity index (χ2n) is 4.72. The second kappa shape index (κ2) is 5.95. The predicted octanol–water partition coefficient (Wildman–Crippen LogP) is 4.28. The molecule has 3 nitrogen and oxygen atoms in total. The Balaban J connectivity index is 1.83. The first-order chi connectivity index (χ1) is 10.1. The number of aryl methyl sites for hydroxylation is 2. The molecule has 0 fully saturated rings. The predicted molar refractivity (Wildman–Crippen MR) is 88.4 cm³/mol. The van der Waals surface area contributed by atoms with E-state index in [1.54, 1.807) is 11.3 Å². The Kier molecular flexibility index (Phi) is 4.03. The third-order valence-electron chi connectivity index (χ3n) is 3.04. The van der Waals surface area contributed by atoms with E-state index in [-0.39, 0.29) is 5.78 Å². The number of nitrogens with zero attached hydrogens (tertiary/aromatic N) is 2. The Morgan fingerprint density at radius 3 is 2.71 bits per heavy atom. The number of fused-ring (bicyclic) bond motifs is 1. The molecule has 0 N–H and O–H groups in total. The third kappa shape index (κ3) is 3.14. The van der Waals surface area contributed by atoms with Crippen molar-refractivity contribution in [3.05, 3.63) is 52.0 Å². The summed E-state index contributed by atoms with van der Waals surface area (Å²) in [5.41, 5.74) is 0.923. The quantitative estimate of drug-likeness (QED) is 0.409. The number of hydrogen-bond acceptors (Lipinski definition) is 5. The van der Waals surface area contributed by atoms with Crippen LogP contribution in [0.25, 0.3) is 10.9 Å². The topological polar surface area (TPSA) is 42.9 Å². The van der Waals surface area contributed by atoms with E-state index in [1.807, 2.05) is 50.2 Å². The lowest BCUT2D eigenvalue weighted by Crippen LogP contribution is -2.01. The van der Waals surface area contributed by atoms with E-state index in [1.165, 1.54) is 11.8 Å². The normalized spacial score (nSPS) is 11.0. The number of para-hydroxylation sites is 1. The molecule has 2 aromatic heterocycles. The van der Waals surface area contributed by atoms with E-state index in [2.05, 4.69) is 9.97 Å². The Morgan fingerprint density at radius 1 is 1.14 bits per heavy atom. The van der Waals surface area contributed by atoms with Crippen molar-refractivity contribution in [2.24, 2.45) is 0 Å². The molecule has 2 heterocycles. The zero-order valence-corrected chi connectivity index (χ0v) is 13.4. The number of thiophene rings is 1. The molecule has 21 heavy (non-hydrogen) atoms. The summed E-state index contributed by atoms with van der Waals surface area (Å²) in [5, 5.41) is 1.88. The Hall–Kier alpha value is -1.72. The number of aromatic nitrogens is 2. The van der Waals surface area contributed by atoms with Gasteiger partial charge in [-0.15, -0.1) is 11.3 Å². The summed E-state index contributed by atoms with van der Waals surface area (Å²) in [5.74, 6) is 1.29. The zero-order chi connectivity index (χ0) is 14.8. The summed E-state index contributed by atoms with van der Waals surface area (Å²) >= 11 is 3.02. The fourth-order valence-electron chi connectivity index (χ4n) is 2.06. The fourth-order valence-corrected chi connectivity index (χ4v) is 3.90. The number of carbonyl (C=O) groups is 1. The molecule has 0 amide bonds. The van der Waals surface area contributed by atoms with Crippen molar-refractivity contribution in [2.45, 2.75) is 18.9 Å². The average Bonchev–Trinajstić information content (AvgIpc) is 2.91. The van der Waals surface area contributed by atoms with E-state index < -0.39 is 0 Å². The number of Topliss-reactive ketones (excluding diaryl/α,β-unsaturated/α-hetero) is 1. The van der Waals surface area contributed by atoms with Gasteiger partial charge in [-0.2, -0.15) is 0 Å². The molecule has 0 radical (unpaired) electrons. The van der Waals surface area contributed by atoms with Crippen LogP contribution in [-0.2, 0) is 0 Å². The third-order valence-corrected chi connectivity index (χ3v) is 5.07. The van der Waals surface area contributed by atoms with Crippen LogP contribution in [0.15, 0.2) is 41.4 Å². The minimum atomic E-state index is 0.151. The summed E-state index contributed by atoms with van der Waals surface area (Å²) in [4.78, 5) is 23.1. The number of carbonyl (C=O) groups excluding carboxylic acids is 1. The summed E-state index contributed by atoms with van der Waals surface area (Å²) in [6, 6.07) is 11.8. The molecule has 106 valence electrons. The van der Waals surface area contributed by atoms with Gasteiger partial charge in [-0.05, 0) is 32.0 Å². The Morgan fingerprint density at radius 2 is 1.95 bits per heavy atom. The average molecular weight is 314 g/mol. The van der Waals surface area contributed by atoms with Crippen LogP contribution in [0.1, 0.15) is 20.4 Å². The highest BCUT2D eigenvalue weighted by Crippen LogP contribution is 2.26. The van der Waals surface area contributed by atoms with E-state index in [0.717, 1.165) is 31.5 Å². The summed E-state index contributed by atoms with van der Waals surface area (Å²) in [6.07, 6.45) is 0. The molecule has 0 saturated carbocycles. The highest BCUT2D eigenvalue weighted by Gasteiger charge is 2.12. The Labute approximate surface area is 131 Å².